The summed E-state index contributed by atoms with van der Waals surface area (Å²) >= 11 is 5.90. The summed E-state index contributed by atoms with van der Waals surface area (Å²) in [5, 5.41) is 10.3. The number of phenolic OH excluding ortho intramolecular Hbond substituents is 1. The number of methoxy groups -OCH3 is 3. The Bertz CT molecular complexity index is 676. The van der Waals surface area contributed by atoms with E-state index in [2.05, 4.69) is 4.99 Å². The fourth-order valence-corrected chi connectivity index (χ4v) is 2.10. The molecule has 0 saturated heterocycles. The molecule has 1 N–H and O–H groups in total. The SMILES string of the molecule is COc1cc(N=Cc2cc(Cl)ccc2O)cc(OC)c1OC. The van der Waals surface area contributed by atoms with Crippen LogP contribution in [0.5, 0.6) is 23.0 Å². The molecule has 0 amide bonds. The van der Waals surface area contributed by atoms with Crippen molar-refractivity contribution >= 4 is 23.5 Å². The zero-order valence-corrected chi connectivity index (χ0v) is 13.2. The molecule has 0 saturated carbocycles. The van der Waals surface area contributed by atoms with E-state index in [0.29, 0.717) is 33.5 Å². The van der Waals surface area contributed by atoms with Crippen LogP contribution in [-0.4, -0.2) is 32.7 Å². The number of aromatic hydroxyl groups is 1. The van der Waals surface area contributed by atoms with Gasteiger partial charge in [0.15, 0.2) is 11.5 Å². The van der Waals surface area contributed by atoms with Gasteiger partial charge >= 0.3 is 0 Å². The number of phenols is 1. The first-order chi connectivity index (χ1) is 10.6. The number of aliphatic imine (C=N–C) groups is 1. The molecule has 0 spiro atoms. The third-order valence-corrected chi connectivity index (χ3v) is 3.23. The van der Waals surface area contributed by atoms with Gasteiger partial charge in [-0.1, -0.05) is 11.6 Å². The first-order valence-corrected chi connectivity index (χ1v) is 6.79. The van der Waals surface area contributed by atoms with E-state index in [4.69, 9.17) is 25.8 Å². The van der Waals surface area contributed by atoms with Crippen LogP contribution in [0.1, 0.15) is 5.56 Å². The van der Waals surface area contributed by atoms with Crippen molar-refractivity contribution in [1.82, 2.24) is 0 Å². The molecule has 5 nitrogen and oxygen atoms in total. The Balaban J connectivity index is 2.40. The van der Waals surface area contributed by atoms with E-state index in [9.17, 15) is 5.11 Å². The topological polar surface area (TPSA) is 60.3 Å². The van der Waals surface area contributed by atoms with Gasteiger partial charge in [0.05, 0.1) is 27.0 Å². The van der Waals surface area contributed by atoms with Crippen LogP contribution in [0.15, 0.2) is 35.3 Å². The Kier molecular flexibility index (Phi) is 5.12. The fraction of sp³-hybridized carbons (Fsp3) is 0.188. The van der Waals surface area contributed by atoms with E-state index < -0.39 is 0 Å². The minimum Gasteiger partial charge on any atom is -0.507 e. The third-order valence-electron chi connectivity index (χ3n) is 2.99. The summed E-state index contributed by atoms with van der Waals surface area (Å²) < 4.78 is 15.8. The third kappa shape index (κ3) is 3.43. The maximum Gasteiger partial charge on any atom is 0.203 e. The standard InChI is InChI=1S/C16H16ClNO4/c1-20-14-7-12(8-15(21-2)16(14)22-3)18-9-10-6-11(17)4-5-13(10)19/h4-9,19H,1-3H3. The zero-order valence-electron chi connectivity index (χ0n) is 12.5. The summed E-state index contributed by atoms with van der Waals surface area (Å²) in [6.07, 6.45) is 1.52. The van der Waals surface area contributed by atoms with Crippen molar-refractivity contribution < 1.29 is 19.3 Å². The van der Waals surface area contributed by atoms with Crippen LogP contribution in [0.25, 0.3) is 0 Å². The molecule has 6 heteroatoms. The molecule has 0 unspecified atom stereocenters. The molecule has 2 aromatic carbocycles. The predicted octanol–water partition coefficient (Wildman–Crippen LogP) is 3.82. The summed E-state index contributed by atoms with van der Waals surface area (Å²) in [7, 11) is 4.61. The maximum atomic E-state index is 9.78. The summed E-state index contributed by atoms with van der Waals surface area (Å²) in [4.78, 5) is 4.31. The fourth-order valence-electron chi connectivity index (χ4n) is 1.91. The van der Waals surface area contributed by atoms with Crippen molar-refractivity contribution in [2.75, 3.05) is 21.3 Å². The van der Waals surface area contributed by atoms with Gasteiger partial charge in [-0.3, -0.25) is 4.99 Å². The molecule has 116 valence electrons. The monoisotopic (exact) mass is 321 g/mol. The molecular formula is C16H16ClNO4. The van der Waals surface area contributed by atoms with Gasteiger partial charge in [0.1, 0.15) is 5.75 Å². The van der Waals surface area contributed by atoms with E-state index in [-0.39, 0.29) is 5.75 Å². The lowest BCUT2D eigenvalue weighted by Crippen LogP contribution is -1.94. The van der Waals surface area contributed by atoms with Gasteiger partial charge < -0.3 is 19.3 Å². The number of hydrogen-bond acceptors (Lipinski definition) is 5. The number of nitrogens with zero attached hydrogens (tertiary/aromatic N) is 1. The van der Waals surface area contributed by atoms with Gasteiger partial charge in [0, 0.05) is 28.9 Å². The average Bonchev–Trinajstić information content (AvgIpc) is 2.54. The van der Waals surface area contributed by atoms with Crippen LogP contribution in [-0.2, 0) is 0 Å². The molecule has 0 aliphatic heterocycles. The Morgan fingerprint density at radius 3 is 2.18 bits per heavy atom. The first-order valence-electron chi connectivity index (χ1n) is 6.41. The van der Waals surface area contributed by atoms with Gasteiger partial charge in [-0.15, -0.1) is 0 Å². The van der Waals surface area contributed by atoms with Crippen LogP contribution in [0, 0.1) is 0 Å². The summed E-state index contributed by atoms with van der Waals surface area (Å²) in [5.74, 6) is 1.60. The normalized spacial score (nSPS) is 10.7. The maximum absolute atomic E-state index is 9.78. The molecule has 0 aromatic heterocycles. The van der Waals surface area contributed by atoms with Gasteiger partial charge in [0.2, 0.25) is 5.75 Å². The molecule has 0 atom stereocenters. The lowest BCUT2D eigenvalue weighted by molar-refractivity contribution is 0.324. The molecule has 2 rings (SSSR count). The average molecular weight is 322 g/mol. The Morgan fingerprint density at radius 2 is 1.64 bits per heavy atom. The molecule has 0 fully saturated rings. The van der Waals surface area contributed by atoms with Crippen molar-refractivity contribution in [2.45, 2.75) is 0 Å². The van der Waals surface area contributed by atoms with Crippen molar-refractivity contribution in [3.8, 4) is 23.0 Å². The van der Waals surface area contributed by atoms with E-state index in [0.717, 1.165) is 0 Å². The van der Waals surface area contributed by atoms with Crippen molar-refractivity contribution in [1.29, 1.82) is 0 Å². The minimum atomic E-state index is 0.0978. The van der Waals surface area contributed by atoms with Crippen LogP contribution in [0.2, 0.25) is 5.02 Å². The molecule has 0 heterocycles. The van der Waals surface area contributed by atoms with Gasteiger partial charge in [0.25, 0.3) is 0 Å². The van der Waals surface area contributed by atoms with Crippen molar-refractivity contribution in [3.63, 3.8) is 0 Å². The van der Waals surface area contributed by atoms with E-state index in [1.165, 1.54) is 33.6 Å². The smallest absolute Gasteiger partial charge is 0.203 e. The predicted molar refractivity (Wildman–Crippen MR) is 86.5 cm³/mol. The Hall–Kier alpha value is -2.40. The Morgan fingerprint density at radius 1 is 1.00 bits per heavy atom. The van der Waals surface area contributed by atoms with Crippen molar-refractivity contribution in [3.05, 3.63) is 40.9 Å². The molecule has 0 radical (unpaired) electrons. The molecule has 0 bridgehead atoms. The zero-order chi connectivity index (χ0) is 16.1. The molecule has 2 aromatic rings. The van der Waals surface area contributed by atoms with E-state index in [1.807, 2.05) is 0 Å². The largest absolute Gasteiger partial charge is 0.507 e. The number of halogens is 1. The first kappa shape index (κ1) is 16.0. The lowest BCUT2D eigenvalue weighted by Gasteiger charge is -2.12. The molecule has 0 aliphatic rings. The number of benzene rings is 2. The summed E-state index contributed by atoms with van der Waals surface area (Å²) in [6, 6.07) is 8.16. The van der Waals surface area contributed by atoms with Gasteiger partial charge in [-0.2, -0.15) is 0 Å². The number of ether oxygens (including phenoxy) is 3. The van der Waals surface area contributed by atoms with Crippen molar-refractivity contribution in [2.24, 2.45) is 4.99 Å². The molecule has 0 aliphatic carbocycles. The number of rotatable bonds is 5. The second-order valence-corrected chi connectivity index (χ2v) is 4.78. The highest BCUT2D eigenvalue weighted by Crippen LogP contribution is 2.40. The number of hydrogen-bond donors (Lipinski definition) is 1. The second-order valence-electron chi connectivity index (χ2n) is 4.34. The second kappa shape index (κ2) is 7.04. The van der Waals surface area contributed by atoms with E-state index in [1.54, 1.807) is 24.3 Å². The minimum absolute atomic E-state index is 0.0978. The summed E-state index contributed by atoms with van der Waals surface area (Å²) in [5.41, 5.74) is 1.11. The van der Waals surface area contributed by atoms with E-state index >= 15 is 0 Å². The molecule has 22 heavy (non-hydrogen) atoms. The van der Waals surface area contributed by atoms with Crippen LogP contribution in [0.4, 0.5) is 5.69 Å². The van der Waals surface area contributed by atoms with Crippen LogP contribution >= 0.6 is 11.6 Å². The van der Waals surface area contributed by atoms with Gasteiger partial charge in [-0.25, -0.2) is 0 Å². The van der Waals surface area contributed by atoms with Crippen LogP contribution < -0.4 is 14.2 Å². The highest BCUT2D eigenvalue weighted by molar-refractivity contribution is 6.30. The van der Waals surface area contributed by atoms with Gasteiger partial charge in [-0.05, 0) is 18.2 Å². The highest BCUT2D eigenvalue weighted by atomic mass is 35.5. The quantitative estimate of drug-likeness (QED) is 0.850. The Labute approximate surface area is 133 Å². The molecular weight excluding hydrogens is 306 g/mol. The van der Waals surface area contributed by atoms with Crippen LogP contribution in [0.3, 0.4) is 0 Å². The summed E-state index contributed by atoms with van der Waals surface area (Å²) in [6.45, 7) is 0. The lowest BCUT2D eigenvalue weighted by atomic mass is 10.2. The highest BCUT2D eigenvalue weighted by Gasteiger charge is 2.12.